The van der Waals surface area contributed by atoms with E-state index in [4.69, 9.17) is 5.73 Å². The fraction of sp³-hybridized carbons (Fsp3) is 0.500. The molecule has 0 spiro atoms. The number of nitrogens with zero attached hydrogens (tertiary/aromatic N) is 1. The first-order chi connectivity index (χ1) is 6.98. The average molecular weight is 289 g/mol. The van der Waals surface area contributed by atoms with Crippen molar-refractivity contribution >= 4 is 24.8 Å². The highest BCUT2D eigenvalue weighted by Crippen LogP contribution is 2.39. The molecule has 1 atom stereocenters. The number of hydrogen-bond donors (Lipinski definition) is 1. The van der Waals surface area contributed by atoms with Crippen molar-refractivity contribution in [1.29, 1.82) is 0 Å². The van der Waals surface area contributed by atoms with E-state index in [9.17, 15) is 13.2 Å². The topological polar surface area (TPSA) is 38.9 Å². The van der Waals surface area contributed by atoms with Gasteiger partial charge in [-0.2, -0.15) is 13.2 Å². The Morgan fingerprint density at radius 1 is 1.24 bits per heavy atom. The molecule has 0 aromatic carbocycles. The standard InChI is InChI=1S/C10H11F3N2.2ClH/c11-10(12,13)7-3-4-8(15-5-7)9(14)6-1-2-6;;/h3-6,9H,1-2,14H2;2*1H. The molecule has 2 N–H and O–H groups in total. The molecule has 0 amide bonds. The molecule has 1 aromatic rings. The summed E-state index contributed by atoms with van der Waals surface area (Å²) in [5.74, 6) is 0.397. The van der Waals surface area contributed by atoms with E-state index in [-0.39, 0.29) is 30.9 Å². The van der Waals surface area contributed by atoms with Crippen molar-refractivity contribution in [3.05, 3.63) is 29.6 Å². The van der Waals surface area contributed by atoms with Crippen LogP contribution in [-0.4, -0.2) is 4.98 Å². The van der Waals surface area contributed by atoms with E-state index in [0.29, 0.717) is 11.6 Å². The summed E-state index contributed by atoms with van der Waals surface area (Å²) in [6.45, 7) is 0. The summed E-state index contributed by atoms with van der Waals surface area (Å²) in [6.07, 6.45) is -1.39. The second-order valence-electron chi connectivity index (χ2n) is 3.83. The van der Waals surface area contributed by atoms with Crippen LogP contribution in [0.3, 0.4) is 0 Å². The molecule has 7 heteroatoms. The number of rotatable bonds is 2. The highest BCUT2D eigenvalue weighted by Gasteiger charge is 2.33. The molecule has 1 unspecified atom stereocenters. The quantitative estimate of drug-likeness (QED) is 0.906. The SMILES string of the molecule is Cl.Cl.NC(c1ccc(C(F)(F)F)cn1)C1CC1. The third-order valence-electron chi connectivity index (χ3n) is 2.59. The molecular weight excluding hydrogens is 276 g/mol. The Labute approximate surface area is 110 Å². The van der Waals surface area contributed by atoms with Crippen LogP contribution in [0.25, 0.3) is 0 Å². The molecular formula is C10H13Cl2F3N2. The average Bonchev–Trinajstić information content (AvgIpc) is 2.99. The van der Waals surface area contributed by atoms with Crippen LogP contribution in [0.5, 0.6) is 0 Å². The first kappa shape index (κ1) is 16.5. The molecule has 2 nitrogen and oxygen atoms in total. The minimum Gasteiger partial charge on any atom is -0.322 e. The maximum atomic E-state index is 12.2. The van der Waals surface area contributed by atoms with Crippen LogP contribution < -0.4 is 5.73 Å². The third-order valence-corrected chi connectivity index (χ3v) is 2.59. The van der Waals surface area contributed by atoms with Crippen LogP contribution in [0, 0.1) is 5.92 Å². The number of aromatic nitrogens is 1. The molecule has 17 heavy (non-hydrogen) atoms. The van der Waals surface area contributed by atoms with Gasteiger partial charge in [-0.05, 0) is 30.9 Å². The van der Waals surface area contributed by atoms with Crippen molar-refractivity contribution in [2.75, 3.05) is 0 Å². The Morgan fingerprint density at radius 2 is 1.82 bits per heavy atom. The monoisotopic (exact) mass is 288 g/mol. The number of alkyl halides is 3. The van der Waals surface area contributed by atoms with Crippen molar-refractivity contribution < 1.29 is 13.2 Å². The maximum Gasteiger partial charge on any atom is 0.417 e. The van der Waals surface area contributed by atoms with Crippen LogP contribution in [0.2, 0.25) is 0 Å². The molecule has 1 heterocycles. The van der Waals surface area contributed by atoms with Gasteiger partial charge in [-0.25, -0.2) is 0 Å². The molecule has 1 saturated carbocycles. The minimum atomic E-state index is -4.32. The zero-order chi connectivity index (χ0) is 11.1. The second-order valence-corrected chi connectivity index (χ2v) is 3.83. The molecule has 0 bridgehead atoms. The Morgan fingerprint density at radius 3 is 2.18 bits per heavy atom. The molecule has 2 rings (SSSR count). The number of pyridine rings is 1. The highest BCUT2D eigenvalue weighted by atomic mass is 35.5. The molecule has 1 aliphatic rings. The van der Waals surface area contributed by atoms with E-state index in [1.807, 2.05) is 0 Å². The number of halogens is 5. The van der Waals surface area contributed by atoms with Gasteiger partial charge in [0.05, 0.1) is 11.3 Å². The van der Waals surface area contributed by atoms with E-state index in [2.05, 4.69) is 4.98 Å². The van der Waals surface area contributed by atoms with Gasteiger partial charge in [0, 0.05) is 12.2 Å². The Bertz CT molecular complexity index is 350. The molecule has 1 aromatic heterocycles. The molecule has 0 aliphatic heterocycles. The fourth-order valence-corrected chi connectivity index (χ4v) is 1.47. The third kappa shape index (κ3) is 4.01. The lowest BCUT2D eigenvalue weighted by Crippen LogP contribution is -2.15. The number of hydrogen-bond acceptors (Lipinski definition) is 2. The van der Waals surface area contributed by atoms with Crippen LogP contribution in [-0.2, 0) is 6.18 Å². The summed E-state index contributed by atoms with van der Waals surface area (Å²) in [6, 6.07) is 2.18. The van der Waals surface area contributed by atoms with Gasteiger partial charge < -0.3 is 5.73 Å². The summed E-state index contributed by atoms with van der Waals surface area (Å²) in [5, 5.41) is 0. The predicted molar refractivity (Wildman–Crippen MR) is 63.4 cm³/mol. The zero-order valence-electron chi connectivity index (χ0n) is 8.78. The van der Waals surface area contributed by atoms with E-state index >= 15 is 0 Å². The van der Waals surface area contributed by atoms with Gasteiger partial charge in [0.25, 0.3) is 0 Å². The molecule has 1 fully saturated rings. The van der Waals surface area contributed by atoms with Crippen LogP contribution in [0.15, 0.2) is 18.3 Å². The second kappa shape index (κ2) is 5.89. The van der Waals surface area contributed by atoms with Crippen molar-refractivity contribution in [3.63, 3.8) is 0 Å². The Kier molecular flexibility index (Phi) is 5.71. The summed E-state index contributed by atoms with van der Waals surface area (Å²) in [4.78, 5) is 3.76. The fourth-order valence-electron chi connectivity index (χ4n) is 1.47. The summed E-state index contributed by atoms with van der Waals surface area (Å²) in [5.41, 5.74) is 5.63. The van der Waals surface area contributed by atoms with Gasteiger partial charge in [0.2, 0.25) is 0 Å². The first-order valence-electron chi connectivity index (χ1n) is 4.77. The largest absolute Gasteiger partial charge is 0.417 e. The lowest BCUT2D eigenvalue weighted by atomic mass is 10.1. The molecule has 0 radical (unpaired) electrons. The van der Waals surface area contributed by atoms with Gasteiger partial charge in [0.1, 0.15) is 0 Å². The maximum absolute atomic E-state index is 12.2. The first-order valence-corrected chi connectivity index (χ1v) is 4.77. The van der Waals surface area contributed by atoms with Gasteiger partial charge in [0.15, 0.2) is 0 Å². The minimum absolute atomic E-state index is 0. The van der Waals surface area contributed by atoms with Crippen molar-refractivity contribution in [2.45, 2.75) is 25.1 Å². The summed E-state index contributed by atoms with van der Waals surface area (Å²) >= 11 is 0. The van der Waals surface area contributed by atoms with Crippen molar-refractivity contribution in [1.82, 2.24) is 4.98 Å². The predicted octanol–water partition coefficient (Wildman–Crippen LogP) is 3.35. The smallest absolute Gasteiger partial charge is 0.322 e. The van der Waals surface area contributed by atoms with E-state index in [0.717, 1.165) is 25.1 Å². The van der Waals surface area contributed by atoms with Crippen LogP contribution in [0.4, 0.5) is 13.2 Å². The summed E-state index contributed by atoms with van der Waals surface area (Å²) in [7, 11) is 0. The zero-order valence-corrected chi connectivity index (χ0v) is 10.4. The highest BCUT2D eigenvalue weighted by molar-refractivity contribution is 5.85. The van der Waals surface area contributed by atoms with E-state index in [1.165, 1.54) is 6.07 Å². The van der Waals surface area contributed by atoms with Crippen molar-refractivity contribution in [2.24, 2.45) is 11.7 Å². The lowest BCUT2D eigenvalue weighted by molar-refractivity contribution is -0.137. The van der Waals surface area contributed by atoms with Crippen LogP contribution in [0.1, 0.15) is 30.1 Å². The lowest BCUT2D eigenvalue weighted by Gasteiger charge is -2.11. The van der Waals surface area contributed by atoms with E-state index < -0.39 is 11.7 Å². The van der Waals surface area contributed by atoms with Gasteiger partial charge >= 0.3 is 6.18 Å². The molecule has 0 saturated heterocycles. The molecule has 1 aliphatic carbocycles. The number of nitrogens with two attached hydrogens (primary N) is 1. The Hall–Kier alpha value is -0.520. The summed E-state index contributed by atoms with van der Waals surface area (Å²) < 4.78 is 36.7. The van der Waals surface area contributed by atoms with E-state index in [1.54, 1.807) is 0 Å². The molecule has 98 valence electrons. The van der Waals surface area contributed by atoms with Crippen LogP contribution >= 0.6 is 24.8 Å². The van der Waals surface area contributed by atoms with Crippen molar-refractivity contribution in [3.8, 4) is 0 Å². The van der Waals surface area contributed by atoms with Gasteiger partial charge in [-0.15, -0.1) is 24.8 Å². The van der Waals surface area contributed by atoms with Gasteiger partial charge in [-0.1, -0.05) is 0 Å². The van der Waals surface area contributed by atoms with Gasteiger partial charge in [-0.3, -0.25) is 4.98 Å². The Balaban J connectivity index is 0.00000128. The normalized spacial score (nSPS) is 16.7.